The summed E-state index contributed by atoms with van der Waals surface area (Å²) in [6.07, 6.45) is 3.96. The predicted molar refractivity (Wildman–Crippen MR) is 116 cm³/mol. The molecular formula is C20H20N6O3S. The molecule has 30 heavy (non-hydrogen) atoms. The van der Waals surface area contributed by atoms with Gasteiger partial charge in [0, 0.05) is 36.0 Å². The summed E-state index contributed by atoms with van der Waals surface area (Å²) in [5, 5.41) is 15.1. The number of anilines is 1. The number of nitrogen functional groups attached to an aromatic ring is 1. The lowest BCUT2D eigenvalue weighted by Crippen LogP contribution is -2.47. The van der Waals surface area contributed by atoms with E-state index in [9.17, 15) is 14.9 Å². The molecule has 2 aromatic heterocycles. The standard InChI is InChI=1S/C20H20N6O3S/c21-20-15-2-1-13(10-16(15)23-12-24-20)9-14(17-3-4-19(30-17)26(28)29)5-7-25-8-6-22-11-18(25)27/h1-5,10,12,22H,6-9,11H2,(H2,21,23,24). The molecule has 9 nitrogen and oxygen atoms in total. The van der Waals surface area contributed by atoms with E-state index in [2.05, 4.69) is 15.3 Å². The number of thiophene rings is 1. The topological polar surface area (TPSA) is 127 Å². The van der Waals surface area contributed by atoms with E-state index < -0.39 is 0 Å². The number of rotatable bonds is 6. The van der Waals surface area contributed by atoms with Crippen LogP contribution in [-0.4, -0.2) is 51.9 Å². The van der Waals surface area contributed by atoms with Crippen LogP contribution in [0.15, 0.2) is 42.7 Å². The first-order valence-electron chi connectivity index (χ1n) is 9.42. The largest absolute Gasteiger partial charge is 0.383 e. The highest BCUT2D eigenvalue weighted by Gasteiger charge is 2.18. The Hall–Kier alpha value is -3.37. The third-order valence-corrected chi connectivity index (χ3v) is 6.07. The minimum Gasteiger partial charge on any atom is -0.383 e. The van der Waals surface area contributed by atoms with Crippen LogP contribution in [-0.2, 0) is 11.2 Å². The monoisotopic (exact) mass is 424 g/mol. The van der Waals surface area contributed by atoms with Crippen molar-refractivity contribution in [1.82, 2.24) is 20.2 Å². The molecule has 0 atom stereocenters. The highest BCUT2D eigenvalue weighted by Crippen LogP contribution is 2.32. The molecule has 1 fully saturated rings. The molecule has 3 aromatic rings. The molecule has 154 valence electrons. The van der Waals surface area contributed by atoms with Gasteiger partial charge in [-0.2, -0.15) is 0 Å². The van der Waals surface area contributed by atoms with E-state index in [1.54, 1.807) is 11.0 Å². The molecule has 1 aliphatic rings. The number of nitro groups is 1. The fourth-order valence-corrected chi connectivity index (χ4v) is 4.23. The SMILES string of the molecule is Nc1ncnc2cc(CC(=CCN3CCNCC3=O)c3ccc([N+](=O)[O-])s3)ccc12. The zero-order valence-electron chi connectivity index (χ0n) is 16.1. The second kappa shape index (κ2) is 8.56. The minimum absolute atomic E-state index is 0.0480. The Morgan fingerprint density at radius 1 is 1.33 bits per heavy atom. The highest BCUT2D eigenvalue weighted by atomic mass is 32.1. The van der Waals surface area contributed by atoms with Crippen LogP contribution in [0.3, 0.4) is 0 Å². The number of hydrogen-bond acceptors (Lipinski definition) is 8. The Morgan fingerprint density at radius 2 is 2.20 bits per heavy atom. The number of fused-ring (bicyclic) bond motifs is 1. The molecule has 1 aromatic carbocycles. The zero-order chi connectivity index (χ0) is 21.1. The van der Waals surface area contributed by atoms with Crippen molar-refractivity contribution >= 4 is 44.5 Å². The Bertz CT molecular complexity index is 1140. The Labute approximate surface area is 176 Å². The van der Waals surface area contributed by atoms with Crippen LogP contribution < -0.4 is 11.1 Å². The maximum atomic E-state index is 12.1. The van der Waals surface area contributed by atoms with Crippen LogP contribution in [0.1, 0.15) is 10.4 Å². The molecule has 0 saturated carbocycles. The zero-order valence-corrected chi connectivity index (χ0v) is 16.9. The molecule has 3 N–H and O–H groups in total. The predicted octanol–water partition coefficient (Wildman–Crippen LogP) is 2.24. The average Bonchev–Trinajstić information content (AvgIpc) is 3.23. The molecule has 4 rings (SSSR count). The number of allylic oxidation sites excluding steroid dienone is 1. The van der Waals surface area contributed by atoms with Crippen molar-refractivity contribution in [3.05, 3.63) is 63.3 Å². The van der Waals surface area contributed by atoms with Crippen molar-refractivity contribution in [2.75, 3.05) is 31.9 Å². The molecule has 1 aliphatic heterocycles. The maximum Gasteiger partial charge on any atom is 0.324 e. The molecule has 3 heterocycles. The van der Waals surface area contributed by atoms with E-state index in [0.29, 0.717) is 31.9 Å². The Kier molecular flexibility index (Phi) is 5.68. The van der Waals surface area contributed by atoms with Crippen molar-refractivity contribution in [3.8, 4) is 0 Å². The molecule has 1 amide bonds. The summed E-state index contributed by atoms with van der Waals surface area (Å²) in [4.78, 5) is 33.7. The number of hydrogen-bond donors (Lipinski definition) is 2. The number of nitrogens with one attached hydrogen (secondary N) is 1. The number of nitrogens with two attached hydrogens (primary N) is 1. The van der Waals surface area contributed by atoms with Gasteiger partial charge in [-0.15, -0.1) is 0 Å². The normalized spacial score (nSPS) is 15.0. The lowest BCUT2D eigenvalue weighted by atomic mass is 10.0. The number of carbonyl (C=O) groups is 1. The Balaban J connectivity index is 1.64. The van der Waals surface area contributed by atoms with Crippen molar-refractivity contribution in [2.24, 2.45) is 0 Å². The summed E-state index contributed by atoms with van der Waals surface area (Å²) in [6.45, 7) is 2.19. The first-order chi connectivity index (χ1) is 14.5. The van der Waals surface area contributed by atoms with Crippen LogP contribution >= 0.6 is 11.3 Å². The molecule has 0 radical (unpaired) electrons. The molecule has 10 heteroatoms. The molecular weight excluding hydrogens is 404 g/mol. The van der Waals surface area contributed by atoms with Gasteiger partial charge in [0.1, 0.15) is 12.1 Å². The van der Waals surface area contributed by atoms with Gasteiger partial charge in [-0.3, -0.25) is 14.9 Å². The lowest BCUT2D eigenvalue weighted by Gasteiger charge is -2.26. The van der Waals surface area contributed by atoms with Crippen LogP contribution in [0.5, 0.6) is 0 Å². The number of carbonyl (C=O) groups excluding carboxylic acids is 1. The summed E-state index contributed by atoms with van der Waals surface area (Å²) in [6, 6.07) is 9.05. The summed E-state index contributed by atoms with van der Waals surface area (Å²) < 4.78 is 0. The van der Waals surface area contributed by atoms with Gasteiger partial charge in [-0.05, 0) is 35.8 Å². The van der Waals surface area contributed by atoms with Crippen LogP contribution in [0.4, 0.5) is 10.8 Å². The van der Waals surface area contributed by atoms with E-state index in [1.165, 1.54) is 12.4 Å². The van der Waals surface area contributed by atoms with Gasteiger partial charge in [-0.1, -0.05) is 23.5 Å². The first kappa shape index (κ1) is 19.9. The second-order valence-electron chi connectivity index (χ2n) is 6.93. The number of benzene rings is 1. The fraction of sp³-hybridized carbons (Fsp3) is 0.250. The van der Waals surface area contributed by atoms with Crippen LogP contribution in [0.2, 0.25) is 0 Å². The Morgan fingerprint density at radius 3 is 2.97 bits per heavy atom. The van der Waals surface area contributed by atoms with E-state index in [0.717, 1.165) is 44.8 Å². The minimum atomic E-state index is -0.388. The van der Waals surface area contributed by atoms with Crippen molar-refractivity contribution in [3.63, 3.8) is 0 Å². The third-order valence-electron chi connectivity index (χ3n) is 4.96. The van der Waals surface area contributed by atoms with E-state index in [1.807, 2.05) is 24.3 Å². The van der Waals surface area contributed by atoms with E-state index >= 15 is 0 Å². The summed E-state index contributed by atoms with van der Waals surface area (Å²) in [7, 11) is 0. The smallest absolute Gasteiger partial charge is 0.324 e. The third kappa shape index (κ3) is 4.29. The number of nitrogens with zero attached hydrogens (tertiary/aromatic N) is 4. The number of aromatic nitrogens is 2. The number of amides is 1. The van der Waals surface area contributed by atoms with Crippen molar-refractivity contribution in [2.45, 2.75) is 6.42 Å². The van der Waals surface area contributed by atoms with Gasteiger partial charge >= 0.3 is 5.00 Å². The summed E-state index contributed by atoms with van der Waals surface area (Å²) in [5.74, 6) is 0.473. The van der Waals surface area contributed by atoms with Gasteiger partial charge in [0.15, 0.2) is 0 Å². The van der Waals surface area contributed by atoms with Crippen LogP contribution in [0, 0.1) is 10.1 Å². The van der Waals surface area contributed by atoms with Gasteiger partial charge in [0.2, 0.25) is 5.91 Å². The molecule has 0 bridgehead atoms. The quantitative estimate of drug-likeness (QED) is 0.459. The fourth-order valence-electron chi connectivity index (χ4n) is 3.37. The first-order valence-corrected chi connectivity index (χ1v) is 10.2. The van der Waals surface area contributed by atoms with Gasteiger partial charge in [-0.25, -0.2) is 9.97 Å². The lowest BCUT2D eigenvalue weighted by molar-refractivity contribution is -0.380. The molecule has 0 aliphatic carbocycles. The second-order valence-corrected chi connectivity index (χ2v) is 7.99. The van der Waals surface area contributed by atoms with Gasteiger partial charge < -0.3 is 16.0 Å². The van der Waals surface area contributed by atoms with Gasteiger partial charge in [0.05, 0.1) is 17.0 Å². The number of piperazine rings is 1. The van der Waals surface area contributed by atoms with E-state index in [-0.39, 0.29) is 15.8 Å². The van der Waals surface area contributed by atoms with Crippen LogP contribution in [0.25, 0.3) is 16.5 Å². The van der Waals surface area contributed by atoms with Crippen molar-refractivity contribution < 1.29 is 9.72 Å². The molecule has 0 spiro atoms. The maximum absolute atomic E-state index is 12.1. The molecule has 1 saturated heterocycles. The van der Waals surface area contributed by atoms with Crippen molar-refractivity contribution in [1.29, 1.82) is 0 Å². The summed E-state index contributed by atoms with van der Waals surface area (Å²) >= 11 is 1.13. The average molecular weight is 424 g/mol. The molecule has 0 unspecified atom stereocenters. The summed E-state index contributed by atoms with van der Waals surface area (Å²) in [5.41, 5.74) is 8.58. The van der Waals surface area contributed by atoms with Gasteiger partial charge in [0.25, 0.3) is 0 Å². The van der Waals surface area contributed by atoms with E-state index in [4.69, 9.17) is 5.73 Å². The highest BCUT2D eigenvalue weighted by molar-refractivity contribution is 7.16.